The fourth-order valence-corrected chi connectivity index (χ4v) is 3.42. The van der Waals surface area contributed by atoms with Crippen LogP contribution in [0.3, 0.4) is 0 Å². The fraction of sp³-hybridized carbons (Fsp3) is 0.174. The van der Waals surface area contributed by atoms with Gasteiger partial charge in [-0.2, -0.15) is 0 Å². The molecule has 5 heteroatoms. The second-order valence-corrected chi connectivity index (χ2v) is 6.67. The Labute approximate surface area is 165 Å². The van der Waals surface area contributed by atoms with Crippen LogP contribution in [0.2, 0.25) is 0 Å². The lowest BCUT2D eigenvalue weighted by Crippen LogP contribution is -2.48. The SMILES string of the molecule is C=CC(=O)N1CCN(c2cnc(-c3ccccc3)c(-c3ccccc3)n2)CC1. The lowest BCUT2D eigenvalue weighted by molar-refractivity contribution is -0.126. The molecule has 140 valence electrons. The minimum atomic E-state index is -0.0184. The second-order valence-electron chi connectivity index (χ2n) is 6.67. The molecule has 0 bridgehead atoms. The molecule has 4 rings (SSSR count). The highest BCUT2D eigenvalue weighted by Crippen LogP contribution is 2.30. The molecule has 0 unspecified atom stereocenters. The molecule has 0 saturated carbocycles. The molecule has 0 N–H and O–H groups in total. The Bertz CT molecular complexity index is 964. The van der Waals surface area contributed by atoms with Crippen LogP contribution in [0, 0.1) is 0 Å². The Morgan fingerprint density at radius 1 is 0.857 bits per heavy atom. The van der Waals surface area contributed by atoms with Gasteiger partial charge in [-0.3, -0.25) is 9.78 Å². The third-order valence-electron chi connectivity index (χ3n) is 4.94. The van der Waals surface area contributed by atoms with Gasteiger partial charge in [0.05, 0.1) is 17.6 Å². The number of hydrogen-bond donors (Lipinski definition) is 0. The van der Waals surface area contributed by atoms with Gasteiger partial charge >= 0.3 is 0 Å². The summed E-state index contributed by atoms with van der Waals surface area (Å²) in [6, 6.07) is 20.3. The minimum Gasteiger partial charge on any atom is -0.352 e. The lowest BCUT2D eigenvalue weighted by Gasteiger charge is -2.35. The van der Waals surface area contributed by atoms with E-state index in [1.54, 1.807) is 0 Å². The van der Waals surface area contributed by atoms with Crippen LogP contribution in [0.1, 0.15) is 0 Å². The van der Waals surface area contributed by atoms with E-state index in [4.69, 9.17) is 9.97 Å². The second kappa shape index (κ2) is 8.05. The van der Waals surface area contributed by atoms with Gasteiger partial charge in [0.2, 0.25) is 5.91 Å². The van der Waals surface area contributed by atoms with Crippen molar-refractivity contribution in [2.75, 3.05) is 31.1 Å². The van der Waals surface area contributed by atoms with Crippen LogP contribution in [-0.2, 0) is 4.79 Å². The number of carbonyl (C=O) groups excluding carboxylic acids is 1. The number of anilines is 1. The highest BCUT2D eigenvalue weighted by Gasteiger charge is 2.22. The van der Waals surface area contributed by atoms with Gasteiger partial charge in [-0.1, -0.05) is 67.2 Å². The Hall–Kier alpha value is -3.47. The van der Waals surface area contributed by atoms with E-state index in [2.05, 4.69) is 35.7 Å². The number of hydrogen-bond acceptors (Lipinski definition) is 4. The normalized spacial score (nSPS) is 14.0. The molecule has 2 aromatic carbocycles. The molecular weight excluding hydrogens is 348 g/mol. The zero-order chi connectivity index (χ0) is 19.3. The molecule has 1 aliphatic heterocycles. The molecule has 3 aromatic rings. The average molecular weight is 370 g/mol. The predicted molar refractivity (Wildman–Crippen MR) is 112 cm³/mol. The summed E-state index contributed by atoms with van der Waals surface area (Å²) in [6.07, 6.45) is 3.21. The summed E-state index contributed by atoms with van der Waals surface area (Å²) < 4.78 is 0. The highest BCUT2D eigenvalue weighted by molar-refractivity contribution is 5.87. The summed E-state index contributed by atoms with van der Waals surface area (Å²) >= 11 is 0. The van der Waals surface area contributed by atoms with Crippen LogP contribution in [0.4, 0.5) is 5.82 Å². The van der Waals surface area contributed by atoms with Gasteiger partial charge in [0, 0.05) is 37.3 Å². The zero-order valence-corrected chi connectivity index (χ0v) is 15.7. The van der Waals surface area contributed by atoms with Gasteiger partial charge < -0.3 is 9.80 Å². The van der Waals surface area contributed by atoms with Gasteiger partial charge in [0.1, 0.15) is 5.82 Å². The first-order valence-corrected chi connectivity index (χ1v) is 9.40. The molecule has 5 nitrogen and oxygen atoms in total. The number of piperazine rings is 1. The van der Waals surface area contributed by atoms with Crippen molar-refractivity contribution in [2.24, 2.45) is 0 Å². The van der Waals surface area contributed by atoms with E-state index >= 15 is 0 Å². The summed E-state index contributed by atoms with van der Waals surface area (Å²) in [4.78, 5) is 25.5. The number of rotatable bonds is 4. The van der Waals surface area contributed by atoms with E-state index in [9.17, 15) is 4.79 Å². The molecule has 1 saturated heterocycles. The Balaban J connectivity index is 1.68. The van der Waals surface area contributed by atoms with Crippen LogP contribution in [0.15, 0.2) is 79.5 Å². The fourth-order valence-electron chi connectivity index (χ4n) is 3.42. The molecule has 1 fully saturated rings. The molecule has 2 heterocycles. The summed E-state index contributed by atoms with van der Waals surface area (Å²) in [6.45, 7) is 6.35. The number of aromatic nitrogens is 2. The Kier molecular flexibility index (Phi) is 5.15. The van der Waals surface area contributed by atoms with Gasteiger partial charge in [0.25, 0.3) is 0 Å². The summed E-state index contributed by atoms with van der Waals surface area (Å²) in [5.74, 6) is 0.819. The van der Waals surface area contributed by atoms with Crippen molar-refractivity contribution in [2.45, 2.75) is 0 Å². The van der Waals surface area contributed by atoms with Crippen molar-refractivity contribution in [3.05, 3.63) is 79.5 Å². The molecule has 1 amide bonds. The molecule has 28 heavy (non-hydrogen) atoms. The zero-order valence-electron chi connectivity index (χ0n) is 15.7. The van der Waals surface area contributed by atoms with E-state index in [1.807, 2.05) is 47.5 Å². The van der Waals surface area contributed by atoms with Gasteiger partial charge in [0.15, 0.2) is 0 Å². The van der Waals surface area contributed by atoms with Crippen molar-refractivity contribution in [3.63, 3.8) is 0 Å². The maximum atomic E-state index is 11.8. The summed E-state index contributed by atoms with van der Waals surface area (Å²) in [5, 5.41) is 0. The third kappa shape index (κ3) is 3.64. The molecule has 0 aliphatic carbocycles. The maximum absolute atomic E-state index is 11.8. The first-order valence-electron chi connectivity index (χ1n) is 9.40. The van der Waals surface area contributed by atoms with E-state index in [-0.39, 0.29) is 5.91 Å². The molecule has 1 aromatic heterocycles. The number of benzene rings is 2. The molecule has 1 aliphatic rings. The van der Waals surface area contributed by atoms with Gasteiger partial charge in [-0.15, -0.1) is 0 Å². The van der Waals surface area contributed by atoms with Gasteiger partial charge in [-0.25, -0.2) is 4.98 Å². The molecule has 0 radical (unpaired) electrons. The summed E-state index contributed by atoms with van der Waals surface area (Å²) in [7, 11) is 0. The van der Waals surface area contributed by atoms with Crippen molar-refractivity contribution in [3.8, 4) is 22.5 Å². The Morgan fingerprint density at radius 3 is 2.00 bits per heavy atom. The smallest absolute Gasteiger partial charge is 0.246 e. The van der Waals surface area contributed by atoms with Crippen molar-refractivity contribution in [1.82, 2.24) is 14.9 Å². The number of amides is 1. The van der Waals surface area contributed by atoms with E-state index in [0.29, 0.717) is 13.1 Å². The monoisotopic (exact) mass is 370 g/mol. The topological polar surface area (TPSA) is 49.3 Å². The van der Waals surface area contributed by atoms with Crippen LogP contribution in [0.5, 0.6) is 0 Å². The summed E-state index contributed by atoms with van der Waals surface area (Å²) in [5.41, 5.74) is 3.82. The molecule has 0 atom stereocenters. The van der Waals surface area contributed by atoms with Crippen LogP contribution in [-0.4, -0.2) is 47.0 Å². The standard InChI is InChI=1S/C23H22N4O/c1-2-21(28)27-15-13-26(14-16-27)20-17-24-22(18-9-5-3-6-10-18)23(25-20)19-11-7-4-8-12-19/h2-12,17H,1,13-16H2. The van der Waals surface area contributed by atoms with E-state index in [0.717, 1.165) is 41.4 Å². The van der Waals surface area contributed by atoms with Gasteiger partial charge in [-0.05, 0) is 6.08 Å². The first kappa shape index (κ1) is 17.9. The largest absolute Gasteiger partial charge is 0.352 e. The number of nitrogens with zero attached hydrogens (tertiary/aromatic N) is 4. The average Bonchev–Trinajstić information content (AvgIpc) is 2.79. The minimum absolute atomic E-state index is 0.0184. The third-order valence-corrected chi connectivity index (χ3v) is 4.94. The van der Waals surface area contributed by atoms with Crippen molar-refractivity contribution in [1.29, 1.82) is 0 Å². The predicted octanol–water partition coefficient (Wildman–Crippen LogP) is 3.65. The maximum Gasteiger partial charge on any atom is 0.246 e. The lowest BCUT2D eigenvalue weighted by atomic mass is 10.0. The molecular formula is C23H22N4O. The quantitative estimate of drug-likeness (QED) is 0.658. The van der Waals surface area contributed by atoms with Crippen molar-refractivity contribution >= 4 is 11.7 Å². The molecule has 0 spiro atoms. The van der Waals surface area contributed by atoms with E-state index < -0.39 is 0 Å². The van der Waals surface area contributed by atoms with Crippen LogP contribution in [0.25, 0.3) is 22.5 Å². The van der Waals surface area contributed by atoms with Crippen LogP contribution >= 0.6 is 0 Å². The van der Waals surface area contributed by atoms with E-state index in [1.165, 1.54) is 6.08 Å². The van der Waals surface area contributed by atoms with Crippen LogP contribution < -0.4 is 4.90 Å². The first-order chi connectivity index (χ1) is 13.8. The van der Waals surface area contributed by atoms with Crippen molar-refractivity contribution < 1.29 is 4.79 Å². The highest BCUT2D eigenvalue weighted by atomic mass is 16.2. The number of carbonyl (C=O) groups is 1. The Morgan fingerprint density at radius 2 is 1.43 bits per heavy atom.